The molecule has 2 N–H and O–H groups in total. The summed E-state index contributed by atoms with van der Waals surface area (Å²) in [6, 6.07) is 0. The molecule has 4 fully saturated rings. The van der Waals surface area contributed by atoms with Crippen molar-refractivity contribution in [2.24, 2.45) is 40.4 Å². The van der Waals surface area contributed by atoms with Gasteiger partial charge < -0.3 is 10.2 Å². The second kappa shape index (κ2) is 5.81. The second-order valence-corrected chi connectivity index (χ2v) is 9.88. The number of fused-ring (bicyclic) bond motifs is 5. The molecular formula is C21H34O3. The molecule has 3 unspecified atom stereocenters. The number of aliphatic hydroxyl groups excluding tert-OH is 2. The third kappa shape index (κ3) is 2.26. The average Bonchev–Trinajstić information content (AvgIpc) is 2.92. The van der Waals surface area contributed by atoms with E-state index in [1.165, 1.54) is 32.1 Å². The van der Waals surface area contributed by atoms with E-state index < -0.39 is 0 Å². The van der Waals surface area contributed by atoms with Crippen molar-refractivity contribution in [3.63, 3.8) is 0 Å². The van der Waals surface area contributed by atoms with Crippen LogP contribution in [0.3, 0.4) is 0 Å². The van der Waals surface area contributed by atoms with Crippen molar-refractivity contribution in [2.45, 2.75) is 77.7 Å². The van der Waals surface area contributed by atoms with Gasteiger partial charge in [0.25, 0.3) is 0 Å². The summed E-state index contributed by atoms with van der Waals surface area (Å²) >= 11 is 0. The van der Waals surface area contributed by atoms with E-state index in [-0.39, 0.29) is 29.8 Å². The SMILES string of the molecule is C[C@]12CCC3C(CC[C@H]4C[C@@H](O)CC[C@]34C)C1CC[C@@H]2C(=O)CO. The third-order valence-corrected chi connectivity index (χ3v) is 9.18. The van der Waals surface area contributed by atoms with Crippen LogP contribution in [0.5, 0.6) is 0 Å². The first kappa shape index (κ1) is 17.0. The van der Waals surface area contributed by atoms with Gasteiger partial charge >= 0.3 is 0 Å². The van der Waals surface area contributed by atoms with E-state index in [2.05, 4.69) is 13.8 Å². The van der Waals surface area contributed by atoms with Crippen molar-refractivity contribution in [1.29, 1.82) is 0 Å². The molecule has 0 bridgehead atoms. The Bertz CT molecular complexity index is 517. The Morgan fingerprint density at radius 1 is 0.958 bits per heavy atom. The van der Waals surface area contributed by atoms with E-state index in [9.17, 15) is 15.0 Å². The van der Waals surface area contributed by atoms with Crippen LogP contribution in [0, 0.1) is 40.4 Å². The Balaban J connectivity index is 1.60. The number of Topliss-reactive ketones (excluding diaryl/α,β-unsaturated/α-hetero) is 1. The molecule has 4 aliphatic rings. The Morgan fingerprint density at radius 3 is 2.42 bits per heavy atom. The van der Waals surface area contributed by atoms with Gasteiger partial charge in [-0.15, -0.1) is 0 Å². The molecule has 24 heavy (non-hydrogen) atoms. The molecule has 0 amide bonds. The van der Waals surface area contributed by atoms with Crippen LogP contribution in [0.1, 0.15) is 71.6 Å². The zero-order valence-electron chi connectivity index (χ0n) is 15.3. The van der Waals surface area contributed by atoms with E-state index in [1.54, 1.807) is 0 Å². The molecule has 3 heteroatoms. The molecule has 0 heterocycles. The topological polar surface area (TPSA) is 57.5 Å². The van der Waals surface area contributed by atoms with Gasteiger partial charge in [-0.05, 0) is 92.3 Å². The minimum atomic E-state index is -0.279. The van der Waals surface area contributed by atoms with Gasteiger partial charge in [0.05, 0.1) is 6.10 Å². The first-order valence-corrected chi connectivity index (χ1v) is 10.2. The fourth-order valence-electron chi connectivity index (χ4n) is 7.87. The molecule has 0 aromatic heterocycles. The van der Waals surface area contributed by atoms with Crippen LogP contribution in [-0.2, 0) is 4.79 Å². The molecule has 0 saturated heterocycles. The van der Waals surface area contributed by atoms with Crippen LogP contribution >= 0.6 is 0 Å². The molecule has 4 rings (SSSR count). The van der Waals surface area contributed by atoms with Crippen LogP contribution in [0.25, 0.3) is 0 Å². The summed E-state index contributed by atoms with van der Waals surface area (Å²) in [5.41, 5.74) is 0.529. The van der Waals surface area contributed by atoms with E-state index in [1.807, 2.05) is 0 Å². The van der Waals surface area contributed by atoms with Crippen molar-refractivity contribution >= 4 is 5.78 Å². The monoisotopic (exact) mass is 334 g/mol. The predicted molar refractivity (Wildman–Crippen MR) is 93.3 cm³/mol. The van der Waals surface area contributed by atoms with Crippen LogP contribution in [-0.4, -0.2) is 28.7 Å². The minimum Gasteiger partial charge on any atom is -0.393 e. The zero-order valence-corrected chi connectivity index (χ0v) is 15.3. The van der Waals surface area contributed by atoms with Gasteiger partial charge in [0.2, 0.25) is 0 Å². The maximum Gasteiger partial charge on any atom is 0.161 e. The molecule has 0 aliphatic heterocycles. The molecule has 8 atom stereocenters. The molecule has 0 spiro atoms. The smallest absolute Gasteiger partial charge is 0.161 e. The standard InChI is InChI=1S/C21H34O3/c1-20-9-7-14(23)11-13(20)3-4-15-16-5-6-18(19(24)12-22)21(16,2)10-8-17(15)20/h13-18,22-23H,3-12H2,1-2H3/t13-,14-,15?,16?,17?,18+,20-,21-/m0/s1. The molecule has 4 aliphatic carbocycles. The summed E-state index contributed by atoms with van der Waals surface area (Å²) in [6.45, 7) is 4.57. The molecule has 0 aromatic carbocycles. The average molecular weight is 335 g/mol. The Hall–Kier alpha value is -0.410. The maximum absolute atomic E-state index is 12.3. The number of ketones is 1. The van der Waals surface area contributed by atoms with Gasteiger partial charge in [-0.25, -0.2) is 0 Å². The highest BCUT2D eigenvalue weighted by Gasteiger charge is 2.60. The van der Waals surface area contributed by atoms with E-state index >= 15 is 0 Å². The van der Waals surface area contributed by atoms with E-state index in [0.29, 0.717) is 17.3 Å². The predicted octanol–water partition coefficient (Wildman–Crippen LogP) is 3.57. The van der Waals surface area contributed by atoms with Crippen LogP contribution in [0.2, 0.25) is 0 Å². The quantitative estimate of drug-likeness (QED) is 0.812. The zero-order chi connectivity index (χ0) is 17.1. The lowest BCUT2D eigenvalue weighted by molar-refractivity contribution is -0.141. The highest BCUT2D eigenvalue weighted by Crippen LogP contribution is 2.67. The van der Waals surface area contributed by atoms with E-state index in [0.717, 1.165) is 37.5 Å². The van der Waals surface area contributed by atoms with Gasteiger partial charge in [-0.1, -0.05) is 13.8 Å². The fourth-order valence-corrected chi connectivity index (χ4v) is 7.87. The van der Waals surface area contributed by atoms with Gasteiger partial charge in [-0.3, -0.25) is 4.79 Å². The van der Waals surface area contributed by atoms with Crippen molar-refractivity contribution in [2.75, 3.05) is 6.61 Å². The summed E-state index contributed by atoms with van der Waals surface area (Å²) in [5.74, 6) is 3.08. The van der Waals surface area contributed by atoms with Crippen LogP contribution < -0.4 is 0 Å². The third-order valence-electron chi connectivity index (χ3n) is 9.18. The molecular weight excluding hydrogens is 300 g/mol. The summed E-state index contributed by atoms with van der Waals surface area (Å²) < 4.78 is 0. The lowest BCUT2D eigenvalue weighted by Gasteiger charge is -2.60. The van der Waals surface area contributed by atoms with Crippen molar-refractivity contribution in [3.05, 3.63) is 0 Å². The number of hydrogen-bond acceptors (Lipinski definition) is 3. The summed E-state index contributed by atoms with van der Waals surface area (Å²) in [4.78, 5) is 12.3. The molecule has 136 valence electrons. The number of carbonyl (C=O) groups excluding carboxylic acids is 1. The molecule has 0 aromatic rings. The number of hydrogen-bond donors (Lipinski definition) is 2. The van der Waals surface area contributed by atoms with Gasteiger partial charge in [-0.2, -0.15) is 0 Å². The summed E-state index contributed by atoms with van der Waals surface area (Å²) in [5, 5.41) is 19.5. The summed E-state index contributed by atoms with van der Waals surface area (Å²) in [6.07, 6.45) is 10.2. The largest absolute Gasteiger partial charge is 0.393 e. The number of rotatable bonds is 2. The fraction of sp³-hybridized carbons (Fsp3) is 0.952. The Labute approximate surface area is 146 Å². The summed E-state index contributed by atoms with van der Waals surface area (Å²) in [7, 11) is 0. The minimum absolute atomic E-state index is 0.0773. The Kier molecular flexibility index (Phi) is 4.12. The maximum atomic E-state index is 12.3. The highest BCUT2D eigenvalue weighted by atomic mass is 16.3. The first-order valence-electron chi connectivity index (χ1n) is 10.2. The Morgan fingerprint density at radius 2 is 1.67 bits per heavy atom. The van der Waals surface area contributed by atoms with Crippen molar-refractivity contribution in [1.82, 2.24) is 0 Å². The normalized spacial score (nSPS) is 53.8. The highest BCUT2D eigenvalue weighted by molar-refractivity contribution is 5.83. The van der Waals surface area contributed by atoms with Gasteiger partial charge in [0.1, 0.15) is 6.61 Å². The van der Waals surface area contributed by atoms with Crippen molar-refractivity contribution < 1.29 is 15.0 Å². The van der Waals surface area contributed by atoms with Crippen molar-refractivity contribution in [3.8, 4) is 0 Å². The molecule has 4 saturated carbocycles. The molecule has 0 radical (unpaired) electrons. The second-order valence-electron chi connectivity index (χ2n) is 9.88. The first-order chi connectivity index (χ1) is 11.4. The van der Waals surface area contributed by atoms with Gasteiger partial charge in [0.15, 0.2) is 5.78 Å². The number of aliphatic hydroxyl groups is 2. The number of carbonyl (C=O) groups is 1. The van der Waals surface area contributed by atoms with Gasteiger partial charge in [0, 0.05) is 5.92 Å². The molecule has 3 nitrogen and oxygen atoms in total. The van der Waals surface area contributed by atoms with E-state index in [4.69, 9.17) is 0 Å². The van der Waals surface area contributed by atoms with Crippen LogP contribution in [0.4, 0.5) is 0 Å². The lowest BCUT2D eigenvalue weighted by Crippen LogP contribution is -2.54. The lowest BCUT2D eigenvalue weighted by atomic mass is 9.44. The van der Waals surface area contributed by atoms with Crippen LogP contribution in [0.15, 0.2) is 0 Å².